The summed E-state index contributed by atoms with van der Waals surface area (Å²) < 4.78 is 0. The molecule has 170 valence electrons. The van der Waals surface area contributed by atoms with Crippen LogP contribution in [-0.4, -0.2) is 27.3 Å². The quantitative estimate of drug-likeness (QED) is 0.174. The number of rotatable bonds is 19. The van der Waals surface area contributed by atoms with Crippen LogP contribution in [0.4, 0.5) is 0 Å². The fourth-order valence-electron chi connectivity index (χ4n) is 5.10. The number of aliphatic hydroxyl groups excluding tert-OH is 1. The number of aliphatic hydroxyl groups is 1. The third-order valence-corrected chi connectivity index (χ3v) is 6.46. The maximum Gasteiger partial charge on any atom is 0.105 e. The van der Waals surface area contributed by atoms with Crippen LogP contribution in [0.5, 0.6) is 0 Å². The summed E-state index contributed by atoms with van der Waals surface area (Å²) in [7, 11) is 0. The van der Waals surface area contributed by atoms with Gasteiger partial charge in [-0.25, -0.2) is 0 Å². The van der Waals surface area contributed by atoms with Crippen molar-refractivity contribution < 1.29 is 5.11 Å². The highest BCUT2D eigenvalue weighted by Crippen LogP contribution is 2.34. The molecule has 0 aromatic heterocycles. The van der Waals surface area contributed by atoms with Crippen LogP contribution in [0.15, 0.2) is 0 Å². The van der Waals surface area contributed by atoms with Gasteiger partial charge in [-0.05, 0) is 47.5 Å². The highest BCUT2D eigenvalue weighted by molar-refractivity contribution is 4.93. The van der Waals surface area contributed by atoms with Gasteiger partial charge in [0.1, 0.15) is 6.23 Å². The average molecular weight is 398 g/mol. The minimum Gasteiger partial charge on any atom is -0.379 e. The summed E-state index contributed by atoms with van der Waals surface area (Å²) >= 11 is 0. The largest absolute Gasteiger partial charge is 0.379 e. The Bertz CT molecular complexity index is 318. The molecular weight excluding hydrogens is 342 g/mol. The molecule has 0 rings (SSSR count). The second kappa shape index (κ2) is 15.7. The zero-order valence-corrected chi connectivity index (χ0v) is 20.8. The van der Waals surface area contributed by atoms with Crippen LogP contribution in [0.25, 0.3) is 0 Å². The molecule has 0 radical (unpaired) electrons. The SMILES string of the molecule is CCCCCCCCCC(C)(C)N(C(C)O)C(C)(C)CCCCCCCCC. The predicted molar refractivity (Wildman–Crippen MR) is 127 cm³/mol. The molecule has 0 amide bonds. The van der Waals surface area contributed by atoms with Crippen molar-refractivity contribution in [2.24, 2.45) is 0 Å². The van der Waals surface area contributed by atoms with E-state index < -0.39 is 0 Å². The summed E-state index contributed by atoms with van der Waals surface area (Å²) in [6.45, 7) is 15.9. The lowest BCUT2D eigenvalue weighted by Gasteiger charge is -2.51. The van der Waals surface area contributed by atoms with Crippen molar-refractivity contribution in [2.75, 3.05) is 0 Å². The zero-order valence-electron chi connectivity index (χ0n) is 20.8. The first-order chi connectivity index (χ1) is 13.2. The maximum atomic E-state index is 10.6. The Balaban J connectivity index is 4.40. The highest BCUT2D eigenvalue weighted by Gasteiger charge is 2.39. The predicted octanol–water partition coefficient (Wildman–Crippen LogP) is 8.47. The maximum absolute atomic E-state index is 10.6. The first-order valence-corrected chi connectivity index (χ1v) is 12.7. The Labute approximate surface area is 178 Å². The molecule has 28 heavy (non-hydrogen) atoms. The van der Waals surface area contributed by atoms with Gasteiger partial charge in [-0.2, -0.15) is 0 Å². The van der Waals surface area contributed by atoms with Gasteiger partial charge >= 0.3 is 0 Å². The smallest absolute Gasteiger partial charge is 0.105 e. The lowest BCUT2D eigenvalue weighted by Crippen LogP contribution is -2.59. The van der Waals surface area contributed by atoms with E-state index >= 15 is 0 Å². The molecule has 1 N–H and O–H groups in total. The minimum atomic E-state index is -0.390. The Morgan fingerprint density at radius 2 is 0.857 bits per heavy atom. The van der Waals surface area contributed by atoms with Crippen LogP contribution in [0.1, 0.15) is 151 Å². The van der Waals surface area contributed by atoms with E-state index in [1.165, 1.54) is 103 Å². The molecule has 0 saturated carbocycles. The summed E-state index contributed by atoms with van der Waals surface area (Å²) in [6, 6.07) is 0. The molecule has 0 spiro atoms. The molecule has 0 aliphatic carbocycles. The van der Waals surface area contributed by atoms with Gasteiger partial charge in [0.15, 0.2) is 0 Å². The average Bonchev–Trinajstić information content (AvgIpc) is 2.59. The molecule has 0 fully saturated rings. The van der Waals surface area contributed by atoms with Crippen LogP contribution in [0.2, 0.25) is 0 Å². The molecule has 0 bridgehead atoms. The molecule has 2 nitrogen and oxygen atoms in total. The van der Waals surface area contributed by atoms with E-state index in [0.717, 1.165) is 0 Å². The second-order valence-electron chi connectivity index (χ2n) is 10.4. The summed E-state index contributed by atoms with van der Waals surface area (Å²) in [5.74, 6) is 0. The third kappa shape index (κ3) is 12.5. The number of nitrogens with zero attached hydrogens (tertiary/aromatic N) is 1. The molecule has 0 aromatic rings. The van der Waals surface area contributed by atoms with Gasteiger partial charge in [0.2, 0.25) is 0 Å². The Hall–Kier alpha value is -0.0800. The topological polar surface area (TPSA) is 23.5 Å². The minimum absolute atomic E-state index is 0.0439. The number of unbranched alkanes of at least 4 members (excludes halogenated alkanes) is 12. The van der Waals surface area contributed by atoms with E-state index in [0.29, 0.717) is 0 Å². The summed E-state index contributed by atoms with van der Waals surface area (Å²) in [5.41, 5.74) is 0.0877. The number of hydrogen-bond acceptors (Lipinski definition) is 2. The van der Waals surface area contributed by atoms with Gasteiger partial charge < -0.3 is 5.11 Å². The van der Waals surface area contributed by atoms with Crippen LogP contribution in [0, 0.1) is 0 Å². The van der Waals surface area contributed by atoms with Crippen molar-refractivity contribution in [3.05, 3.63) is 0 Å². The first kappa shape index (κ1) is 27.9. The van der Waals surface area contributed by atoms with E-state index in [-0.39, 0.29) is 17.3 Å². The van der Waals surface area contributed by atoms with Crippen molar-refractivity contribution in [1.29, 1.82) is 0 Å². The third-order valence-electron chi connectivity index (χ3n) is 6.46. The van der Waals surface area contributed by atoms with Crippen LogP contribution >= 0.6 is 0 Å². The van der Waals surface area contributed by atoms with Gasteiger partial charge in [0, 0.05) is 11.1 Å². The van der Waals surface area contributed by atoms with Crippen molar-refractivity contribution in [3.63, 3.8) is 0 Å². The Morgan fingerprint density at radius 1 is 0.571 bits per heavy atom. The zero-order chi connectivity index (χ0) is 21.5. The van der Waals surface area contributed by atoms with E-state index in [1.807, 2.05) is 6.92 Å². The molecule has 0 aromatic carbocycles. The molecule has 0 saturated heterocycles. The highest BCUT2D eigenvalue weighted by atomic mass is 16.3. The van der Waals surface area contributed by atoms with Gasteiger partial charge in [-0.1, -0.05) is 104 Å². The van der Waals surface area contributed by atoms with Gasteiger partial charge in [-0.3, -0.25) is 4.90 Å². The van der Waals surface area contributed by atoms with Gasteiger partial charge in [0.05, 0.1) is 0 Å². The summed E-state index contributed by atoms with van der Waals surface area (Å²) in [6.07, 6.45) is 20.9. The van der Waals surface area contributed by atoms with Crippen molar-refractivity contribution >= 4 is 0 Å². The second-order valence-corrected chi connectivity index (χ2v) is 10.4. The van der Waals surface area contributed by atoms with Crippen LogP contribution < -0.4 is 0 Å². The summed E-state index contributed by atoms with van der Waals surface area (Å²) in [5, 5.41) is 10.6. The molecule has 1 unspecified atom stereocenters. The standard InChI is InChI=1S/C26H55NO/c1-8-10-12-14-16-18-20-22-25(4,5)27(24(3)28)26(6,7)23-21-19-17-15-13-11-9-2/h24,28H,8-23H2,1-7H3. The van der Waals surface area contributed by atoms with Crippen molar-refractivity contribution in [1.82, 2.24) is 4.90 Å². The van der Waals surface area contributed by atoms with Crippen LogP contribution in [-0.2, 0) is 0 Å². The lowest BCUT2D eigenvalue weighted by molar-refractivity contribution is -0.112. The Morgan fingerprint density at radius 3 is 1.14 bits per heavy atom. The monoisotopic (exact) mass is 397 g/mol. The van der Waals surface area contributed by atoms with Gasteiger partial charge in [-0.15, -0.1) is 0 Å². The van der Waals surface area contributed by atoms with Gasteiger partial charge in [0.25, 0.3) is 0 Å². The van der Waals surface area contributed by atoms with E-state index in [9.17, 15) is 5.11 Å². The number of hydrogen-bond donors (Lipinski definition) is 1. The molecule has 2 heteroatoms. The molecule has 0 heterocycles. The molecular formula is C26H55NO. The first-order valence-electron chi connectivity index (χ1n) is 12.7. The fraction of sp³-hybridized carbons (Fsp3) is 1.00. The van der Waals surface area contributed by atoms with Crippen molar-refractivity contribution in [2.45, 2.75) is 169 Å². The summed E-state index contributed by atoms with van der Waals surface area (Å²) in [4.78, 5) is 2.40. The Kier molecular flexibility index (Phi) is 15.7. The van der Waals surface area contributed by atoms with Crippen molar-refractivity contribution in [3.8, 4) is 0 Å². The molecule has 0 aliphatic rings. The molecule has 0 aliphatic heterocycles. The molecule has 1 atom stereocenters. The fourth-order valence-corrected chi connectivity index (χ4v) is 5.10. The van der Waals surface area contributed by atoms with Crippen LogP contribution in [0.3, 0.4) is 0 Å². The van der Waals surface area contributed by atoms with E-state index in [1.54, 1.807) is 0 Å². The normalized spacial score (nSPS) is 14.0. The lowest BCUT2D eigenvalue weighted by atomic mass is 9.85. The van der Waals surface area contributed by atoms with E-state index in [2.05, 4.69) is 46.4 Å². The van der Waals surface area contributed by atoms with E-state index in [4.69, 9.17) is 0 Å².